The summed E-state index contributed by atoms with van der Waals surface area (Å²) < 4.78 is 0. The first-order chi connectivity index (χ1) is 15.6. The molecule has 5 heteroatoms. The molecule has 0 spiro atoms. The van der Waals surface area contributed by atoms with Gasteiger partial charge in [0.25, 0.3) is 0 Å². The van der Waals surface area contributed by atoms with Crippen LogP contribution >= 0.6 is 11.6 Å². The summed E-state index contributed by atoms with van der Waals surface area (Å²) in [7, 11) is 0. The fraction of sp³-hybridized carbons (Fsp3) is 0.259. The molecule has 3 aromatic rings. The number of anilines is 1. The number of hydrogen-bond acceptors (Lipinski definition) is 4. The summed E-state index contributed by atoms with van der Waals surface area (Å²) in [6.45, 7) is 4.24. The molecule has 0 saturated carbocycles. The monoisotopic (exact) mass is 444 g/mol. The maximum absolute atomic E-state index is 13.6. The predicted octanol–water partition coefficient (Wildman–Crippen LogP) is 4.87. The maximum Gasteiger partial charge on any atom is 0.181 e. The number of hydrogen-bond donors (Lipinski definition) is 0. The maximum atomic E-state index is 13.6. The summed E-state index contributed by atoms with van der Waals surface area (Å²) in [5, 5.41) is 0.743. The minimum Gasteiger partial charge on any atom is -0.369 e. The van der Waals surface area contributed by atoms with E-state index in [4.69, 9.17) is 11.6 Å². The van der Waals surface area contributed by atoms with Gasteiger partial charge in [-0.1, -0.05) is 72.3 Å². The zero-order valence-electron chi connectivity index (χ0n) is 17.8. The number of ketones is 2. The molecular formula is C27H25ClN2O2. The minimum absolute atomic E-state index is 0.0677. The Morgan fingerprint density at radius 1 is 0.750 bits per heavy atom. The van der Waals surface area contributed by atoms with Gasteiger partial charge >= 0.3 is 0 Å². The smallest absolute Gasteiger partial charge is 0.181 e. The second-order valence-corrected chi connectivity index (χ2v) is 8.97. The Labute approximate surface area is 193 Å². The number of halogens is 1. The van der Waals surface area contributed by atoms with Crippen molar-refractivity contribution >= 4 is 28.9 Å². The number of rotatable bonds is 5. The van der Waals surface area contributed by atoms with Gasteiger partial charge in [-0.25, -0.2) is 0 Å². The Morgan fingerprint density at radius 2 is 1.38 bits per heavy atom. The fourth-order valence-electron chi connectivity index (χ4n) is 5.03. The molecule has 2 aliphatic rings. The third-order valence-corrected chi connectivity index (χ3v) is 7.04. The third kappa shape index (κ3) is 3.54. The van der Waals surface area contributed by atoms with Crippen LogP contribution in [0.4, 0.5) is 5.69 Å². The Kier molecular flexibility index (Phi) is 5.58. The Balaban J connectivity index is 1.35. The van der Waals surface area contributed by atoms with Gasteiger partial charge in [-0.05, 0) is 30.2 Å². The minimum atomic E-state index is -1.13. The van der Waals surface area contributed by atoms with Gasteiger partial charge in [0.2, 0.25) is 0 Å². The van der Waals surface area contributed by atoms with Crippen LogP contribution in [-0.4, -0.2) is 49.2 Å². The van der Waals surface area contributed by atoms with E-state index in [-0.39, 0.29) is 11.6 Å². The number of piperazine rings is 1. The number of Topliss-reactive ketones (excluding diaryl/α,β-unsaturated/α-hetero) is 2. The zero-order valence-corrected chi connectivity index (χ0v) is 18.6. The Hall–Kier alpha value is -2.95. The summed E-state index contributed by atoms with van der Waals surface area (Å²) in [5.74, 6) is -0.135. The van der Waals surface area contributed by atoms with Crippen LogP contribution < -0.4 is 4.90 Å². The fourth-order valence-corrected chi connectivity index (χ4v) is 5.21. The van der Waals surface area contributed by atoms with Crippen molar-refractivity contribution in [3.8, 4) is 0 Å². The zero-order chi connectivity index (χ0) is 22.1. The predicted molar refractivity (Wildman–Crippen MR) is 128 cm³/mol. The van der Waals surface area contributed by atoms with Gasteiger partial charge in [-0.15, -0.1) is 0 Å². The summed E-state index contributed by atoms with van der Waals surface area (Å²) in [6, 6.07) is 24.7. The molecule has 3 aromatic carbocycles. The van der Waals surface area contributed by atoms with Gasteiger partial charge in [-0.3, -0.25) is 14.5 Å². The van der Waals surface area contributed by atoms with Crippen molar-refractivity contribution in [2.45, 2.75) is 11.8 Å². The van der Waals surface area contributed by atoms with Crippen LogP contribution in [0.25, 0.3) is 0 Å². The van der Waals surface area contributed by atoms with E-state index in [1.807, 2.05) is 60.7 Å². The van der Waals surface area contributed by atoms with Crippen LogP contribution in [0, 0.1) is 0 Å². The number of benzene rings is 3. The first-order valence-corrected chi connectivity index (χ1v) is 11.4. The molecule has 0 amide bonds. The molecule has 32 heavy (non-hydrogen) atoms. The van der Waals surface area contributed by atoms with Crippen LogP contribution in [0.5, 0.6) is 0 Å². The van der Waals surface area contributed by atoms with Crippen molar-refractivity contribution in [1.29, 1.82) is 0 Å². The second-order valence-electron chi connectivity index (χ2n) is 8.53. The molecule has 5 rings (SSSR count). The third-order valence-electron chi connectivity index (χ3n) is 6.81. The normalized spacial score (nSPS) is 18.1. The van der Waals surface area contributed by atoms with E-state index in [0.717, 1.165) is 42.5 Å². The average molecular weight is 445 g/mol. The van der Waals surface area contributed by atoms with Crippen molar-refractivity contribution in [3.63, 3.8) is 0 Å². The quantitative estimate of drug-likeness (QED) is 0.526. The highest BCUT2D eigenvalue weighted by atomic mass is 35.5. The molecule has 1 heterocycles. The molecule has 0 atom stereocenters. The SMILES string of the molecule is O=C1c2ccccc2C(=O)C1(CCN1CCN(c2cccc(Cl)c2)CC1)c1ccccc1. The van der Waals surface area contributed by atoms with E-state index in [0.29, 0.717) is 24.1 Å². The summed E-state index contributed by atoms with van der Waals surface area (Å²) in [6.07, 6.45) is 0.487. The van der Waals surface area contributed by atoms with Crippen molar-refractivity contribution in [1.82, 2.24) is 4.90 Å². The number of carbonyl (C=O) groups is 2. The van der Waals surface area contributed by atoms with E-state index in [1.165, 1.54) is 0 Å². The number of fused-ring (bicyclic) bond motifs is 1. The Morgan fingerprint density at radius 3 is 2.00 bits per heavy atom. The van der Waals surface area contributed by atoms with E-state index >= 15 is 0 Å². The summed E-state index contributed by atoms with van der Waals surface area (Å²) >= 11 is 6.15. The molecule has 1 fully saturated rings. The number of carbonyl (C=O) groups excluding carboxylic acids is 2. The second kappa shape index (κ2) is 8.53. The molecular weight excluding hydrogens is 420 g/mol. The van der Waals surface area contributed by atoms with Gasteiger partial charge in [0.05, 0.1) is 0 Å². The Bertz CT molecular complexity index is 1120. The topological polar surface area (TPSA) is 40.6 Å². The first kappa shape index (κ1) is 20.9. The largest absolute Gasteiger partial charge is 0.369 e. The summed E-state index contributed by atoms with van der Waals surface area (Å²) in [4.78, 5) is 31.9. The van der Waals surface area contributed by atoms with E-state index in [1.54, 1.807) is 12.1 Å². The molecule has 1 saturated heterocycles. The van der Waals surface area contributed by atoms with Gasteiger partial charge in [0, 0.05) is 54.6 Å². The molecule has 0 radical (unpaired) electrons. The lowest BCUT2D eigenvalue weighted by Crippen LogP contribution is -2.49. The highest BCUT2D eigenvalue weighted by molar-refractivity contribution is 6.33. The lowest BCUT2D eigenvalue weighted by atomic mass is 9.73. The highest BCUT2D eigenvalue weighted by Gasteiger charge is 2.53. The van der Waals surface area contributed by atoms with Crippen LogP contribution in [0.2, 0.25) is 5.02 Å². The molecule has 1 aliphatic heterocycles. The van der Waals surface area contributed by atoms with E-state index in [2.05, 4.69) is 15.9 Å². The molecule has 1 aliphatic carbocycles. The molecule has 0 unspecified atom stereocenters. The van der Waals surface area contributed by atoms with Gasteiger partial charge in [0.15, 0.2) is 11.6 Å². The van der Waals surface area contributed by atoms with Crippen molar-refractivity contribution in [2.24, 2.45) is 0 Å². The van der Waals surface area contributed by atoms with Gasteiger partial charge in [0.1, 0.15) is 5.41 Å². The number of nitrogens with zero attached hydrogens (tertiary/aromatic N) is 2. The molecule has 0 N–H and O–H groups in total. The van der Waals surface area contributed by atoms with E-state index < -0.39 is 5.41 Å². The van der Waals surface area contributed by atoms with Crippen molar-refractivity contribution in [3.05, 3.63) is 101 Å². The average Bonchev–Trinajstić information content (AvgIpc) is 3.06. The molecule has 0 aromatic heterocycles. The highest BCUT2D eigenvalue weighted by Crippen LogP contribution is 2.42. The van der Waals surface area contributed by atoms with Gasteiger partial charge in [-0.2, -0.15) is 0 Å². The van der Waals surface area contributed by atoms with Crippen LogP contribution in [0.3, 0.4) is 0 Å². The van der Waals surface area contributed by atoms with E-state index in [9.17, 15) is 9.59 Å². The lowest BCUT2D eigenvalue weighted by Gasteiger charge is -2.37. The molecule has 162 valence electrons. The van der Waals surface area contributed by atoms with Gasteiger partial charge < -0.3 is 4.90 Å². The lowest BCUT2D eigenvalue weighted by molar-refractivity contribution is 0.0767. The van der Waals surface area contributed by atoms with Crippen molar-refractivity contribution in [2.75, 3.05) is 37.6 Å². The first-order valence-electron chi connectivity index (χ1n) is 11.1. The van der Waals surface area contributed by atoms with Crippen LogP contribution in [0.1, 0.15) is 32.7 Å². The van der Waals surface area contributed by atoms with Crippen molar-refractivity contribution < 1.29 is 9.59 Å². The molecule has 4 nitrogen and oxygen atoms in total. The standard InChI is InChI=1S/C27H25ClN2O2/c28-21-9-6-10-22(19-21)30-17-15-29(16-18-30)14-13-27(20-7-2-1-3-8-20)25(31)23-11-4-5-12-24(23)26(27)32/h1-12,19H,13-18H2. The summed E-state index contributed by atoms with van der Waals surface area (Å²) in [5.41, 5.74) is 1.90. The van der Waals surface area contributed by atoms with Crippen LogP contribution in [-0.2, 0) is 5.41 Å². The van der Waals surface area contributed by atoms with Crippen LogP contribution in [0.15, 0.2) is 78.9 Å². The molecule has 0 bridgehead atoms.